The van der Waals surface area contributed by atoms with Crippen LogP contribution in [0.2, 0.25) is 5.02 Å². The van der Waals surface area contributed by atoms with E-state index in [1.165, 1.54) is 18.2 Å². The number of ether oxygens (including phenoxy) is 2. The summed E-state index contributed by atoms with van der Waals surface area (Å²) in [6, 6.07) is 26.5. The first-order chi connectivity index (χ1) is 18.9. The van der Waals surface area contributed by atoms with E-state index >= 15 is 0 Å². The molecule has 4 aromatic carbocycles. The average Bonchev–Trinajstić information content (AvgIpc) is 2.94. The summed E-state index contributed by atoms with van der Waals surface area (Å²) < 4.78 is 24.7. The SMILES string of the molecule is O=C(NC(=S)Nc1cccc(C(=O)Nc2ccc(F)c(Cl)c2)c1)c1cccc(OCCOc2ccccc2)c1. The summed E-state index contributed by atoms with van der Waals surface area (Å²) in [6.07, 6.45) is 0. The van der Waals surface area contributed by atoms with E-state index in [2.05, 4.69) is 16.0 Å². The van der Waals surface area contributed by atoms with Gasteiger partial charge in [-0.1, -0.05) is 41.9 Å². The van der Waals surface area contributed by atoms with Gasteiger partial charge in [0, 0.05) is 22.5 Å². The molecule has 10 heteroatoms. The van der Waals surface area contributed by atoms with Crippen LogP contribution in [0.25, 0.3) is 0 Å². The van der Waals surface area contributed by atoms with E-state index in [-0.39, 0.29) is 10.1 Å². The smallest absolute Gasteiger partial charge is 0.257 e. The van der Waals surface area contributed by atoms with Crippen molar-refractivity contribution in [1.29, 1.82) is 0 Å². The van der Waals surface area contributed by atoms with Crippen LogP contribution in [-0.2, 0) is 0 Å². The Kier molecular flexibility index (Phi) is 9.44. The third-order valence-corrected chi connectivity index (χ3v) is 5.74. The van der Waals surface area contributed by atoms with Crippen molar-refractivity contribution in [3.63, 3.8) is 0 Å². The molecule has 2 amide bonds. The topological polar surface area (TPSA) is 88.7 Å². The second-order valence-corrected chi connectivity index (χ2v) is 8.93. The van der Waals surface area contributed by atoms with Gasteiger partial charge in [-0.2, -0.15) is 0 Å². The summed E-state index contributed by atoms with van der Waals surface area (Å²) in [4.78, 5) is 25.3. The molecule has 0 atom stereocenters. The molecule has 0 saturated heterocycles. The van der Waals surface area contributed by atoms with E-state index in [4.69, 9.17) is 33.3 Å². The van der Waals surface area contributed by atoms with Crippen LogP contribution < -0.4 is 25.4 Å². The standard InChI is InChI=1S/C29H23ClFN3O4S/c30-25-18-22(12-13-26(25)31)32-27(35)19-6-4-8-21(16-19)33-29(39)34-28(36)20-7-5-11-24(17-20)38-15-14-37-23-9-2-1-3-10-23/h1-13,16-18H,14-15H2,(H,32,35)(H2,33,34,36,39). The summed E-state index contributed by atoms with van der Waals surface area (Å²) in [5.41, 5.74) is 1.51. The number of benzene rings is 4. The van der Waals surface area contributed by atoms with E-state index in [1.54, 1.807) is 48.5 Å². The van der Waals surface area contributed by atoms with Crippen molar-refractivity contribution in [3.8, 4) is 11.5 Å². The van der Waals surface area contributed by atoms with Gasteiger partial charge in [0.05, 0.1) is 5.02 Å². The summed E-state index contributed by atoms with van der Waals surface area (Å²) >= 11 is 11.0. The monoisotopic (exact) mass is 563 g/mol. The minimum Gasteiger partial charge on any atom is -0.490 e. The Morgan fingerprint density at radius 1 is 0.718 bits per heavy atom. The second-order valence-electron chi connectivity index (χ2n) is 8.11. The number of amides is 2. The number of anilines is 2. The number of carbonyl (C=O) groups is 2. The molecule has 198 valence electrons. The Morgan fingerprint density at radius 2 is 1.36 bits per heavy atom. The van der Waals surface area contributed by atoms with Gasteiger partial charge in [-0.05, 0) is 78.9 Å². The van der Waals surface area contributed by atoms with E-state index in [0.29, 0.717) is 41.5 Å². The van der Waals surface area contributed by atoms with Crippen molar-refractivity contribution < 1.29 is 23.5 Å². The molecule has 0 heterocycles. The largest absolute Gasteiger partial charge is 0.490 e. The summed E-state index contributed by atoms with van der Waals surface area (Å²) in [5.74, 6) is -0.175. The molecule has 3 N–H and O–H groups in total. The van der Waals surface area contributed by atoms with Gasteiger partial charge in [-0.15, -0.1) is 0 Å². The molecule has 0 aliphatic rings. The highest BCUT2D eigenvalue weighted by atomic mass is 35.5. The number of rotatable bonds is 9. The summed E-state index contributed by atoms with van der Waals surface area (Å²) in [7, 11) is 0. The maximum Gasteiger partial charge on any atom is 0.257 e. The van der Waals surface area contributed by atoms with Crippen LogP contribution in [0.1, 0.15) is 20.7 Å². The quantitative estimate of drug-likeness (QED) is 0.163. The minimum atomic E-state index is -0.580. The number of hydrogen-bond acceptors (Lipinski definition) is 5. The highest BCUT2D eigenvalue weighted by Gasteiger charge is 2.12. The molecule has 0 radical (unpaired) electrons. The van der Waals surface area contributed by atoms with Gasteiger partial charge in [0.15, 0.2) is 5.11 Å². The summed E-state index contributed by atoms with van der Waals surface area (Å²) in [5, 5.41) is 8.10. The highest BCUT2D eigenvalue weighted by Crippen LogP contribution is 2.21. The van der Waals surface area contributed by atoms with Crippen molar-refractivity contribution in [2.75, 3.05) is 23.8 Å². The molecule has 0 unspecified atom stereocenters. The van der Waals surface area contributed by atoms with Gasteiger partial charge < -0.3 is 20.1 Å². The molecule has 0 aliphatic carbocycles. The fourth-order valence-corrected chi connectivity index (χ4v) is 3.81. The zero-order chi connectivity index (χ0) is 27.6. The Morgan fingerprint density at radius 3 is 2.10 bits per heavy atom. The lowest BCUT2D eigenvalue weighted by Crippen LogP contribution is -2.34. The third kappa shape index (κ3) is 8.26. The Hall–Kier alpha value is -4.47. The number of nitrogens with one attached hydrogen (secondary N) is 3. The first-order valence-corrected chi connectivity index (χ1v) is 12.6. The van der Waals surface area contributed by atoms with Crippen LogP contribution >= 0.6 is 23.8 Å². The van der Waals surface area contributed by atoms with Crippen molar-refractivity contribution in [3.05, 3.63) is 119 Å². The maximum atomic E-state index is 13.4. The van der Waals surface area contributed by atoms with E-state index < -0.39 is 17.6 Å². The number of hydrogen-bond donors (Lipinski definition) is 3. The predicted molar refractivity (Wildman–Crippen MR) is 153 cm³/mol. The number of thiocarbonyl (C=S) groups is 1. The second kappa shape index (κ2) is 13.4. The van der Waals surface area contributed by atoms with Crippen LogP contribution in [0.4, 0.5) is 15.8 Å². The average molecular weight is 564 g/mol. The van der Waals surface area contributed by atoms with Crippen LogP contribution in [0.15, 0.2) is 97.1 Å². The van der Waals surface area contributed by atoms with Crippen molar-refractivity contribution >= 4 is 52.1 Å². The Bertz CT molecular complexity index is 1490. The minimum absolute atomic E-state index is 0.0467. The number of carbonyl (C=O) groups excluding carboxylic acids is 2. The molecule has 4 aromatic rings. The molecule has 0 aromatic heterocycles. The van der Waals surface area contributed by atoms with Gasteiger partial charge in [0.25, 0.3) is 11.8 Å². The maximum absolute atomic E-state index is 13.4. The lowest BCUT2D eigenvalue weighted by Gasteiger charge is -2.12. The molecule has 4 rings (SSSR count). The van der Waals surface area contributed by atoms with E-state index in [9.17, 15) is 14.0 Å². The fraction of sp³-hybridized carbons (Fsp3) is 0.0690. The predicted octanol–water partition coefficient (Wildman–Crippen LogP) is 6.32. The van der Waals surface area contributed by atoms with Gasteiger partial charge in [0.1, 0.15) is 30.5 Å². The molecular weight excluding hydrogens is 541 g/mol. The first-order valence-electron chi connectivity index (χ1n) is 11.8. The molecule has 0 bridgehead atoms. The van der Waals surface area contributed by atoms with Gasteiger partial charge in [-0.25, -0.2) is 4.39 Å². The lowest BCUT2D eigenvalue weighted by atomic mass is 10.2. The van der Waals surface area contributed by atoms with Crippen molar-refractivity contribution in [2.24, 2.45) is 0 Å². The molecule has 0 spiro atoms. The Balaban J connectivity index is 1.28. The summed E-state index contributed by atoms with van der Waals surface area (Å²) in [6.45, 7) is 0.654. The van der Waals surface area contributed by atoms with E-state index in [1.807, 2.05) is 30.3 Å². The highest BCUT2D eigenvalue weighted by molar-refractivity contribution is 7.80. The van der Waals surface area contributed by atoms with Crippen LogP contribution in [0, 0.1) is 5.82 Å². The van der Waals surface area contributed by atoms with Crippen LogP contribution in [0.5, 0.6) is 11.5 Å². The first kappa shape index (κ1) is 27.6. The third-order valence-electron chi connectivity index (χ3n) is 5.25. The van der Waals surface area contributed by atoms with Gasteiger partial charge >= 0.3 is 0 Å². The molecular formula is C29H23ClFN3O4S. The lowest BCUT2D eigenvalue weighted by molar-refractivity contribution is 0.0975. The number of para-hydroxylation sites is 1. The van der Waals surface area contributed by atoms with E-state index in [0.717, 1.165) is 5.75 Å². The Labute approximate surface area is 234 Å². The van der Waals surface area contributed by atoms with Crippen molar-refractivity contribution in [2.45, 2.75) is 0 Å². The fourth-order valence-electron chi connectivity index (χ4n) is 3.42. The molecule has 7 nitrogen and oxygen atoms in total. The molecule has 39 heavy (non-hydrogen) atoms. The number of halogens is 2. The van der Waals surface area contributed by atoms with Crippen molar-refractivity contribution in [1.82, 2.24) is 5.32 Å². The normalized spacial score (nSPS) is 10.3. The van der Waals surface area contributed by atoms with Crippen LogP contribution in [0.3, 0.4) is 0 Å². The molecule has 0 aliphatic heterocycles. The zero-order valence-corrected chi connectivity index (χ0v) is 22.0. The van der Waals surface area contributed by atoms with Crippen LogP contribution in [-0.4, -0.2) is 30.1 Å². The van der Waals surface area contributed by atoms with Gasteiger partial charge in [0.2, 0.25) is 0 Å². The zero-order valence-electron chi connectivity index (χ0n) is 20.4. The van der Waals surface area contributed by atoms with Gasteiger partial charge in [-0.3, -0.25) is 14.9 Å². The molecule has 0 saturated carbocycles. The molecule has 0 fully saturated rings.